The van der Waals surface area contributed by atoms with Crippen LogP contribution in [0.25, 0.3) is 33.8 Å². The van der Waals surface area contributed by atoms with Crippen molar-refractivity contribution in [3.63, 3.8) is 0 Å². The average Bonchev–Trinajstić information content (AvgIpc) is 3.35. The largest absolute Gasteiger partial charge is 0.496 e. The zero-order valence-corrected chi connectivity index (χ0v) is 14.1. The first-order valence-corrected chi connectivity index (χ1v) is 7.79. The molecule has 1 aromatic carbocycles. The number of nitrogens with zero attached hydrogens (tertiary/aromatic N) is 2. The molecule has 0 amide bonds. The van der Waals surface area contributed by atoms with E-state index in [1.807, 2.05) is 24.3 Å². The van der Waals surface area contributed by atoms with Crippen molar-refractivity contribution in [3.8, 4) is 28.5 Å². The second-order valence-electron chi connectivity index (χ2n) is 5.44. The van der Waals surface area contributed by atoms with Gasteiger partial charge < -0.3 is 18.4 Å². The molecule has 0 bridgehead atoms. The molecule has 7 heteroatoms. The number of carbonyl (C=O) groups excluding carboxylic acids is 1. The van der Waals surface area contributed by atoms with Gasteiger partial charge in [-0.2, -0.15) is 0 Å². The summed E-state index contributed by atoms with van der Waals surface area (Å²) in [5.41, 5.74) is 2.12. The van der Waals surface area contributed by atoms with Gasteiger partial charge in [-0.1, -0.05) is 17.3 Å². The van der Waals surface area contributed by atoms with Crippen molar-refractivity contribution in [2.75, 3.05) is 14.2 Å². The van der Waals surface area contributed by atoms with Crippen LogP contribution < -0.4 is 4.74 Å². The molecule has 0 spiro atoms. The van der Waals surface area contributed by atoms with Crippen molar-refractivity contribution in [3.05, 3.63) is 54.3 Å². The maximum atomic E-state index is 12.4. The highest BCUT2D eigenvalue weighted by Crippen LogP contribution is 2.35. The molecule has 0 aliphatic rings. The normalized spacial score (nSPS) is 10.8. The molecule has 3 heterocycles. The zero-order chi connectivity index (χ0) is 18.1. The van der Waals surface area contributed by atoms with Gasteiger partial charge in [-0.15, -0.1) is 0 Å². The van der Waals surface area contributed by atoms with Crippen LogP contribution in [0.4, 0.5) is 0 Å². The molecule has 0 aliphatic heterocycles. The number of aromatic nitrogens is 2. The maximum Gasteiger partial charge on any atom is 0.338 e. The molecule has 4 rings (SSSR count). The second-order valence-corrected chi connectivity index (χ2v) is 5.44. The van der Waals surface area contributed by atoms with Gasteiger partial charge in [0.2, 0.25) is 0 Å². The number of benzene rings is 1. The Morgan fingerprint density at radius 2 is 1.96 bits per heavy atom. The van der Waals surface area contributed by atoms with Crippen LogP contribution in [0.1, 0.15) is 10.4 Å². The Bertz CT molecular complexity index is 1080. The number of hydrogen-bond donors (Lipinski definition) is 0. The van der Waals surface area contributed by atoms with Crippen LogP contribution in [0, 0.1) is 0 Å². The van der Waals surface area contributed by atoms with Gasteiger partial charge in [-0.05, 0) is 30.3 Å². The van der Waals surface area contributed by atoms with E-state index in [4.69, 9.17) is 18.4 Å². The lowest BCUT2D eigenvalue weighted by atomic mass is 10.0. The third-order valence-electron chi connectivity index (χ3n) is 3.99. The highest BCUT2D eigenvalue weighted by molar-refractivity contribution is 6.08. The molecular formula is C19H14N2O5. The number of ether oxygens (including phenoxy) is 2. The smallest absolute Gasteiger partial charge is 0.338 e. The van der Waals surface area contributed by atoms with Crippen molar-refractivity contribution in [1.82, 2.24) is 10.1 Å². The monoisotopic (exact) mass is 350 g/mol. The SMILES string of the molecule is COC(=O)c1cc(-c2ccccc2OC)nc2onc(-c3ccco3)c12. The minimum absolute atomic E-state index is 0.209. The third-order valence-corrected chi connectivity index (χ3v) is 3.99. The Balaban J connectivity index is 2.00. The summed E-state index contributed by atoms with van der Waals surface area (Å²) in [7, 11) is 2.89. The number of carbonyl (C=O) groups is 1. The zero-order valence-electron chi connectivity index (χ0n) is 14.1. The molecular weight excluding hydrogens is 336 g/mol. The van der Waals surface area contributed by atoms with Gasteiger partial charge in [0.25, 0.3) is 5.71 Å². The number of furan rings is 1. The summed E-state index contributed by atoms with van der Waals surface area (Å²) in [5.74, 6) is 0.575. The van der Waals surface area contributed by atoms with E-state index >= 15 is 0 Å². The molecule has 7 nitrogen and oxygen atoms in total. The predicted octanol–water partition coefficient (Wildman–Crippen LogP) is 3.95. The molecule has 130 valence electrons. The summed E-state index contributed by atoms with van der Waals surface area (Å²) in [4.78, 5) is 16.9. The van der Waals surface area contributed by atoms with E-state index in [0.717, 1.165) is 5.56 Å². The molecule has 0 aliphatic carbocycles. The molecule has 0 atom stereocenters. The summed E-state index contributed by atoms with van der Waals surface area (Å²) >= 11 is 0. The van der Waals surface area contributed by atoms with E-state index in [-0.39, 0.29) is 11.3 Å². The molecule has 0 saturated heterocycles. The van der Waals surface area contributed by atoms with Crippen molar-refractivity contribution >= 4 is 17.1 Å². The molecule has 26 heavy (non-hydrogen) atoms. The van der Waals surface area contributed by atoms with Gasteiger partial charge in [-0.3, -0.25) is 0 Å². The van der Waals surface area contributed by atoms with E-state index in [1.54, 1.807) is 25.3 Å². The first kappa shape index (κ1) is 15.9. The molecule has 0 N–H and O–H groups in total. The maximum absolute atomic E-state index is 12.4. The lowest BCUT2D eigenvalue weighted by Gasteiger charge is -2.09. The summed E-state index contributed by atoms with van der Waals surface area (Å²) in [6.45, 7) is 0. The molecule has 0 unspecified atom stereocenters. The molecule has 0 saturated carbocycles. The minimum Gasteiger partial charge on any atom is -0.496 e. The van der Waals surface area contributed by atoms with Crippen molar-refractivity contribution < 1.29 is 23.2 Å². The van der Waals surface area contributed by atoms with Crippen molar-refractivity contribution in [2.45, 2.75) is 0 Å². The summed E-state index contributed by atoms with van der Waals surface area (Å²) in [6, 6.07) is 12.5. The Labute approximate surface area is 148 Å². The Kier molecular flexibility index (Phi) is 3.89. The summed E-state index contributed by atoms with van der Waals surface area (Å²) in [5, 5.41) is 4.46. The first-order valence-electron chi connectivity index (χ1n) is 7.79. The fourth-order valence-electron chi connectivity index (χ4n) is 2.80. The predicted molar refractivity (Wildman–Crippen MR) is 92.8 cm³/mol. The van der Waals surface area contributed by atoms with Crippen LogP contribution >= 0.6 is 0 Å². The van der Waals surface area contributed by atoms with E-state index in [9.17, 15) is 4.79 Å². The number of rotatable bonds is 4. The van der Waals surface area contributed by atoms with E-state index in [1.165, 1.54) is 13.4 Å². The summed E-state index contributed by atoms with van der Waals surface area (Å²) in [6.07, 6.45) is 1.52. The number of methoxy groups -OCH3 is 2. The van der Waals surface area contributed by atoms with E-state index in [0.29, 0.717) is 28.3 Å². The van der Waals surface area contributed by atoms with Gasteiger partial charge in [0.15, 0.2) is 11.5 Å². The summed E-state index contributed by atoms with van der Waals surface area (Å²) < 4.78 is 21.1. The van der Waals surface area contributed by atoms with Crippen LogP contribution in [0.5, 0.6) is 5.75 Å². The minimum atomic E-state index is -0.524. The van der Waals surface area contributed by atoms with Crippen molar-refractivity contribution in [1.29, 1.82) is 0 Å². The second kappa shape index (κ2) is 6.36. The quantitative estimate of drug-likeness (QED) is 0.515. The van der Waals surface area contributed by atoms with Crippen LogP contribution in [0.3, 0.4) is 0 Å². The van der Waals surface area contributed by atoms with Crippen LogP contribution in [-0.2, 0) is 4.74 Å². The standard InChI is InChI=1S/C19H14N2O5/c1-23-14-7-4-3-6-11(14)13-10-12(19(22)24-2)16-17(15-8-5-9-25-15)21-26-18(16)20-13/h3-10H,1-2H3. The average molecular weight is 350 g/mol. The Hall–Kier alpha value is -3.61. The molecule has 3 aromatic heterocycles. The van der Waals surface area contributed by atoms with Crippen LogP contribution in [-0.4, -0.2) is 30.3 Å². The fourth-order valence-corrected chi connectivity index (χ4v) is 2.80. The first-order chi connectivity index (χ1) is 12.7. The fraction of sp³-hybridized carbons (Fsp3) is 0.105. The number of para-hydroxylation sites is 1. The Morgan fingerprint density at radius 3 is 2.69 bits per heavy atom. The highest BCUT2D eigenvalue weighted by Gasteiger charge is 2.24. The van der Waals surface area contributed by atoms with Gasteiger partial charge in [0, 0.05) is 5.56 Å². The number of esters is 1. The Morgan fingerprint density at radius 1 is 1.12 bits per heavy atom. The number of pyridine rings is 1. The molecule has 0 radical (unpaired) electrons. The van der Waals surface area contributed by atoms with Crippen LogP contribution in [0.15, 0.2) is 57.7 Å². The highest BCUT2D eigenvalue weighted by atomic mass is 16.5. The van der Waals surface area contributed by atoms with Gasteiger partial charge in [0.05, 0.1) is 37.1 Å². The molecule has 0 fully saturated rings. The van der Waals surface area contributed by atoms with Crippen molar-refractivity contribution in [2.24, 2.45) is 0 Å². The lowest BCUT2D eigenvalue weighted by Crippen LogP contribution is -2.04. The third kappa shape index (κ3) is 2.50. The van der Waals surface area contributed by atoms with E-state index in [2.05, 4.69) is 10.1 Å². The number of fused-ring (bicyclic) bond motifs is 1. The van der Waals surface area contributed by atoms with E-state index < -0.39 is 5.97 Å². The molecule has 4 aromatic rings. The van der Waals surface area contributed by atoms with Crippen LogP contribution in [0.2, 0.25) is 0 Å². The van der Waals surface area contributed by atoms with Gasteiger partial charge >= 0.3 is 5.97 Å². The van der Waals surface area contributed by atoms with Gasteiger partial charge in [0.1, 0.15) is 5.75 Å². The van der Waals surface area contributed by atoms with Gasteiger partial charge in [-0.25, -0.2) is 9.78 Å². The number of hydrogen-bond acceptors (Lipinski definition) is 7. The topological polar surface area (TPSA) is 87.6 Å². The lowest BCUT2D eigenvalue weighted by molar-refractivity contribution is 0.0603.